The molecule has 1 N–H and O–H groups in total. The highest BCUT2D eigenvalue weighted by molar-refractivity contribution is 9.10. The summed E-state index contributed by atoms with van der Waals surface area (Å²) in [5.41, 5.74) is 2.17. The number of benzene rings is 2. The largest absolute Gasteiger partial charge is 0.386 e. The lowest BCUT2D eigenvalue weighted by atomic mass is 9.93. The molecule has 0 bridgehead atoms. The molecular formula is C19H22BrNO. The van der Waals surface area contributed by atoms with Crippen LogP contribution in [0.5, 0.6) is 0 Å². The van der Waals surface area contributed by atoms with Gasteiger partial charge in [0.2, 0.25) is 0 Å². The Balaban J connectivity index is 1.91. The average molecular weight is 360 g/mol. The van der Waals surface area contributed by atoms with Crippen molar-refractivity contribution in [2.45, 2.75) is 31.4 Å². The van der Waals surface area contributed by atoms with Gasteiger partial charge in [-0.25, -0.2) is 0 Å². The number of aliphatic hydroxyl groups is 1. The van der Waals surface area contributed by atoms with E-state index in [1.165, 1.54) is 24.8 Å². The van der Waals surface area contributed by atoms with Gasteiger partial charge in [-0.2, -0.15) is 0 Å². The minimum absolute atomic E-state index is 0.0303. The molecule has 0 aliphatic carbocycles. The Morgan fingerprint density at radius 2 is 1.45 bits per heavy atom. The molecule has 3 rings (SSSR count). The molecule has 2 nitrogen and oxygen atoms in total. The van der Waals surface area contributed by atoms with Crippen molar-refractivity contribution < 1.29 is 5.11 Å². The van der Waals surface area contributed by atoms with Crippen LogP contribution in [0.15, 0.2) is 59.1 Å². The van der Waals surface area contributed by atoms with Crippen LogP contribution >= 0.6 is 15.9 Å². The smallest absolute Gasteiger partial charge is 0.0986 e. The van der Waals surface area contributed by atoms with E-state index in [1.807, 2.05) is 30.3 Å². The van der Waals surface area contributed by atoms with E-state index in [2.05, 4.69) is 45.1 Å². The van der Waals surface area contributed by atoms with Crippen LogP contribution in [-0.2, 0) is 0 Å². The van der Waals surface area contributed by atoms with E-state index < -0.39 is 6.10 Å². The molecular weight excluding hydrogens is 338 g/mol. The summed E-state index contributed by atoms with van der Waals surface area (Å²) in [6.07, 6.45) is 3.23. The van der Waals surface area contributed by atoms with Gasteiger partial charge in [-0.1, -0.05) is 64.8 Å². The molecule has 22 heavy (non-hydrogen) atoms. The molecule has 2 atom stereocenters. The number of likely N-dealkylation sites (tertiary alicyclic amines) is 1. The number of aliphatic hydroxyl groups excluding tert-OH is 1. The van der Waals surface area contributed by atoms with Crippen molar-refractivity contribution in [1.29, 1.82) is 0 Å². The maximum Gasteiger partial charge on any atom is 0.0986 e. The Morgan fingerprint density at radius 3 is 2.09 bits per heavy atom. The Hall–Kier alpha value is -1.16. The second kappa shape index (κ2) is 7.40. The predicted octanol–water partition coefficient (Wildman–Crippen LogP) is 4.71. The Labute approximate surface area is 140 Å². The molecule has 1 saturated heterocycles. The Morgan fingerprint density at radius 1 is 0.818 bits per heavy atom. The molecule has 0 radical (unpaired) electrons. The van der Waals surface area contributed by atoms with Crippen LogP contribution in [0, 0.1) is 0 Å². The van der Waals surface area contributed by atoms with E-state index in [-0.39, 0.29) is 6.04 Å². The lowest BCUT2D eigenvalue weighted by Gasteiger charge is -2.37. The SMILES string of the molecule is O[C@H](c1ccc(Br)cc1)[C@H](c1ccccc1)N1CCCCC1. The van der Waals surface area contributed by atoms with Crippen LogP contribution in [0.1, 0.15) is 42.5 Å². The lowest BCUT2D eigenvalue weighted by Crippen LogP contribution is -2.37. The van der Waals surface area contributed by atoms with E-state index in [0.717, 1.165) is 23.1 Å². The summed E-state index contributed by atoms with van der Waals surface area (Å²) in [7, 11) is 0. The quantitative estimate of drug-likeness (QED) is 0.854. The van der Waals surface area contributed by atoms with E-state index in [0.29, 0.717) is 0 Å². The van der Waals surface area contributed by atoms with Crippen molar-refractivity contribution in [2.75, 3.05) is 13.1 Å². The van der Waals surface area contributed by atoms with Crippen LogP contribution in [0.3, 0.4) is 0 Å². The fourth-order valence-corrected chi connectivity index (χ4v) is 3.55. The molecule has 2 aromatic rings. The highest BCUT2D eigenvalue weighted by Crippen LogP contribution is 2.36. The summed E-state index contributed by atoms with van der Waals surface area (Å²) in [4.78, 5) is 2.44. The van der Waals surface area contributed by atoms with E-state index in [9.17, 15) is 5.11 Å². The van der Waals surface area contributed by atoms with Crippen molar-refractivity contribution in [1.82, 2.24) is 4.90 Å². The molecule has 3 heteroatoms. The van der Waals surface area contributed by atoms with Crippen LogP contribution in [0.4, 0.5) is 0 Å². The molecule has 1 heterocycles. The first-order chi connectivity index (χ1) is 10.8. The normalized spacial score (nSPS) is 18.8. The van der Waals surface area contributed by atoms with E-state index >= 15 is 0 Å². The van der Waals surface area contributed by atoms with Crippen molar-refractivity contribution in [2.24, 2.45) is 0 Å². The second-order valence-electron chi connectivity index (χ2n) is 5.95. The summed E-state index contributed by atoms with van der Waals surface area (Å²) < 4.78 is 1.04. The molecule has 0 saturated carbocycles. The van der Waals surface area contributed by atoms with Gasteiger partial charge in [0.15, 0.2) is 0 Å². The lowest BCUT2D eigenvalue weighted by molar-refractivity contribution is 0.0362. The van der Waals surface area contributed by atoms with Gasteiger partial charge in [-0.15, -0.1) is 0 Å². The molecule has 0 aromatic heterocycles. The molecule has 1 aliphatic heterocycles. The fourth-order valence-electron chi connectivity index (χ4n) is 3.28. The van der Waals surface area contributed by atoms with Gasteiger partial charge in [-0.3, -0.25) is 4.90 Å². The third-order valence-electron chi connectivity index (χ3n) is 4.44. The average Bonchev–Trinajstić information content (AvgIpc) is 2.57. The van der Waals surface area contributed by atoms with Crippen LogP contribution in [0.2, 0.25) is 0 Å². The van der Waals surface area contributed by atoms with Gasteiger partial charge >= 0.3 is 0 Å². The summed E-state index contributed by atoms with van der Waals surface area (Å²) in [6, 6.07) is 18.4. The van der Waals surface area contributed by atoms with Crippen molar-refractivity contribution >= 4 is 15.9 Å². The summed E-state index contributed by atoms with van der Waals surface area (Å²) >= 11 is 3.46. The number of hydrogen-bond donors (Lipinski definition) is 1. The van der Waals surface area contributed by atoms with Crippen LogP contribution in [-0.4, -0.2) is 23.1 Å². The first-order valence-electron chi connectivity index (χ1n) is 7.98. The molecule has 2 aromatic carbocycles. The molecule has 1 fully saturated rings. The number of piperidine rings is 1. The third-order valence-corrected chi connectivity index (χ3v) is 4.96. The van der Waals surface area contributed by atoms with E-state index in [1.54, 1.807) is 0 Å². The summed E-state index contributed by atoms with van der Waals surface area (Å²) in [5, 5.41) is 11.0. The van der Waals surface area contributed by atoms with E-state index in [4.69, 9.17) is 0 Å². The minimum atomic E-state index is -0.506. The minimum Gasteiger partial charge on any atom is -0.386 e. The standard InChI is InChI=1S/C19H22BrNO/c20-17-11-9-16(10-12-17)19(22)18(15-7-3-1-4-8-15)21-13-5-2-6-14-21/h1,3-4,7-12,18-19,22H,2,5-6,13-14H2/t18-,19+/m0/s1. The highest BCUT2D eigenvalue weighted by Gasteiger charge is 2.29. The van der Waals surface area contributed by atoms with Gasteiger partial charge in [-0.05, 0) is 49.2 Å². The Kier molecular flexibility index (Phi) is 5.29. The molecule has 1 aliphatic rings. The van der Waals surface area contributed by atoms with Gasteiger partial charge in [0.1, 0.15) is 0 Å². The summed E-state index contributed by atoms with van der Waals surface area (Å²) in [6.45, 7) is 2.13. The van der Waals surface area contributed by atoms with Gasteiger partial charge < -0.3 is 5.11 Å². The van der Waals surface area contributed by atoms with Gasteiger partial charge in [0.05, 0.1) is 12.1 Å². The zero-order chi connectivity index (χ0) is 15.4. The fraction of sp³-hybridized carbons (Fsp3) is 0.368. The van der Waals surface area contributed by atoms with Crippen molar-refractivity contribution in [3.8, 4) is 0 Å². The molecule has 0 amide bonds. The van der Waals surface area contributed by atoms with Crippen molar-refractivity contribution in [3.63, 3.8) is 0 Å². The summed E-state index contributed by atoms with van der Waals surface area (Å²) in [5.74, 6) is 0. The maximum absolute atomic E-state index is 11.0. The van der Waals surface area contributed by atoms with Crippen LogP contribution in [0.25, 0.3) is 0 Å². The number of halogens is 1. The second-order valence-corrected chi connectivity index (χ2v) is 6.86. The monoisotopic (exact) mass is 359 g/mol. The van der Waals surface area contributed by atoms with Crippen LogP contribution < -0.4 is 0 Å². The highest BCUT2D eigenvalue weighted by atomic mass is 79.9. The Bertz CT molecular complexity index is 578. The predicted molar refractivity (Wildman–Crippen MR) is 93.7 cm³/mol. The number of nitrogens with zero attached hydrogens (tertiary/aromatic N) is 1. The topological polar surface area (TPSA) is 23.5 Å². The molecule has 116 valence electrons. The molecule has 0 unspecified atom stereocenters. The third kappa shape index (κ3) is 3.60. The first-order valence-corrected chi connectivity index (χ1v) is 8.77. The first kappa shape index (κ1) is 15.7. The van der Waals surface area contributed by atoms with Crippen molar-refractivity contribution in [3.05, 3.63) is 70.2 Å². The number of hydrogen-bond acceptors (Lipinski definition) is 2. The van der Waals surface area contributed by atoms with Gasteiger partial charge in [0.25, 0.3) is 0 Å². The maximum atomic E-state index is 11.0. The van der Waals surface area contributed by atoms with Gasteiger partial charge in [0, 0.05) is 4.47 Å². The number of rotatable bonds is 4. The molecule has 0 spiro atoms. The zero-order valence-electron chi connectivity index (χ0n) is 12.7. The zero-order valence-corrected chi connectivity index (χ0v) is 14.2.